The van der Waals surface area contributed by atoms with E-state index in [4.69, 9.17) is 5.11 Å². The minimum Gasteiger partial charge on any atom is -0.478 e. The van der Waals surface area contributed by atoms with Crippen LogP contribution in [0.15, 0.2) is 47.4 Å². The maximum Gasteiger partial charge on any atom is 0.436 e. The Balaban J connectivity index is 1.68. The summed E-state index contributed by atoms with van der Waals surface area (Å²) in [6, 6.07) is 8.14. The highest BCUT2D eigenvalue weighted by atomic mass is 32.2. The number of benzene rings is 2. The molecule has 1 unspecified atom stereocenters. The molecule has 1 aromatic heterocycles. The molecule has 2 N–H and O–H groups in total. The van der Waals surface area contributed by atoms with Crippen molar-refractivity contribution in [3.05, 3.63) is 76.0 Å². The Morgan fingerprint density at radius 2 is 1.72 bits per heavy atom. The van der Waals surface area contributed by atoms with Gasteiger partial charge in [-0.05, 0) is 54.6 Å². The number of amides is 1. The van der Waals surface area contributed by atoms with E-state index in [0.717, 1.165) is 28.6 Å². The number of carbonyl (C=O) groups is 2. The van der Waals surface area contributed by atoms with Crippen molar-refractivity contribution in [3.8, 4) is 0 Å². The van der Waals surface area contributed by atoms with Crippen molar-refractivity contribution in [2.45, 2.75) is 43.3 Å². The second-order valence-electron chi connectivity index (χ2n) is 8.88. The van der Waals surface area contributed by atoms with Crippen LogP contribution in [0.25, 0.3) is 0 Å². The number of anilines is 1. The molecule has 1 aliphatic rings. The van der Waals surface area contributed by atoms with E-state index in [2.05, 4.69) is 10.4 Å². The highest BCUT2D eigenvalue weighted by Crippen LogP contribution is 2.39. The number of thioether (sulfide) groups is 1. The molecule has 0 spiro atoms. The van der Waals surface area contributed by atoms with E-state index in [9.17, 15) is 35.9 Å². The second kappa shape index (κ2) is 10.5. The third kappa shape index (κ3) is 6.00. The lowest BCUT2D eigenvalue weighted by molar-refractivity contribution is -0.142. The molecule has 2 aromatic carbocycles. The number of halogens is 6. The zero-order valence-electron chi connectivity index (χ0n) is 20.5. The van der Waals surface area contributed by atoms with Gasteiger partial charge in [0.1, 0.15) is 11.4 Å². The summed E-state index contributed by atoms with van der Waals surface area (Å²) < 4.78 is 83.1. The highest BCUT2D eigenvalue weighted by Gasteiger charge is 2.44. The summed E-state index contributed by atoms with van der Waals surface area (Å²) in [5.74, 6) is -2.37. The van der Waals surface area contributed by atoms with Crippen LogP contribution in [-0.2, 0) is 25.4 Å². The number of nitrogens with zero attached hydrogens (tertiary/aromatic N) is 3. The van der Waals surface area contributed by atoms with E-state index < -0.39 is 47.1 Å². The predicted octanol–water partition coefficient (Wildman–Crippen LogP) is 5.85. The fourth-order valence-corrected chi connectivity index (χ4v) is 4.85. The molecular weight excluding hydrogens is 550 g/mol. The zero-order chi connectivity index (χ0) is 28.7. The molecule has 39 heavy (non-hydrogen) atoms. The maximum absolute atomic E-state index is 13.9. The number of nitrogens with one attached hydrogen (secondary N) is 1. The number of aromatic nitrogens is 2. The van der Waals surface area contributed by atoms with Gasteiger partial charge in [-0.1, -0.05) is 12.1 Å². The van der Waals surface area contributed by atoms with E-state index in [1.54, 1.807) is 6.26 Å². The van der Waals surface area contributed by atoms with Crippen LogP contribution in [-0.4, -0.2) is 39.6 Å². The van der Waals surface area contributed by atoms with Gasteiger partial charge >= 0.3 is 18.3 Å². The number of carboxylic acids is 1. The fraction of sp³-hybridized carbons (Fsp3) is 0.320. The maximum atomic E-state index is 13.9. The van der Waals surface area contributed by atoms with Crippen LogP contribution < -0.4 is 10.2 Å². The molecule has 0 saturated carbocycles. The summed E-state index contributed by atoms with van der Waals surface area (Å²) in [5, 5.41) is 15.2. The molecule has 3 aromatic rings. The molecule has 0 radical (unpaired) electrons. The van der Waals surface area contributed by atoms with Crippen LogP contribution in [0.5, 0.6) is 0 Å². The van der Waals surface area contributed by atoms with Gasteiger partial charge in [-0.25, -0.2) is 9.48 Å². The third-order valence-electron chi connectivity index (χ3n) is 6.21. The van der Waals surface area contributed by atoms with Gasteiger partial charge in [-0.2, -0.15) is 31.4 Å². The molecule has 1 atom stereocenters. The van der Waals surface area contributed by atoms with Gasteiger partial charge in [0.2, 0.25) is 0 Å². The third-order valence-corrected chi connectivity index (χ3v) is 6.92. The van der Waals surface area contributed by atoms with Crippen molar-refractivity contribution in [3.63, 3.8) is 0 Å². The first kappa shape index (κ1) is 28.3. The molecule has 208 valence electrons. The van der Waals surface area contributed by atoms with Crippen LogP contribution in [0.4, 0.5) is 32.2 Å². The summed E-state index contributed by atoms with van der Waals surface area (Å²) in [6.07, 6.45) is -7.97. The summed E-state index contributed by atoms with van der Waals surface area (Å²) in [4.78, 5) is 26.1. The van der Waals surface area contributed by atoms with Crippen molar-refractivity contribution in [2.24, 2.45) is 0 Å². The zero-order valence-corrected chi connectivity index (χ0v) is 21.3. The van der Waals surface area contributed by atoms with Crippen molar-refractivity contribution in [2.75, 3.05) is 17.7 Å². The Morgan fingerprint density at radius 3 is 2.28 bits per heavy atom. The van der Waals surface area contributed by atoms with Crippen molar-refractivity contribution < 1.29 is 41.0 Å². The van der Waals surface area contributed by atoms with E-state index in [0.29, 0.717) is 10.5 Å². The Hall–Kier alpha value is -3.68. The number of aromatic carboxylic acids is 1. The number of rotatable bonds is 7. The quantitative estimate of drug-likeness (QED) is 0.273. The molecule has 1 amide bonds. The van der Waals surface area contributed by atoms with Crippen molar-refractivity contribution in [1.29, 1.82) is 0 Å². The molecule has 1 aliphatic heterocycles. The monoisotopic (exact) mass is 572 g/mol. The average molecular weight is 573 g/mol. The van der Waals surface area contributed by atoms with Gasteiger partial charge in [-0.15, -0.1) is 11.8 Å². The first-order valence-electron chi connectivity index (χ1n) is 11.5. The Kier molecular flexibility index (Phi) is 7.61. The molecule has 0 bridgehead atoms. The molecule has 14 heteroatoms. The van der Waals surface area contributed by atoms with Gasteiger partial charge in [0.25, 0.3) is 5.91 Å². The highest BCUT2D eigenvalue weighted by molar-refractivity contribution is 7.98. The summed E-state index contributed by atoms with van der Waals surface area (Å²) in [5.41, 5.74) is -2.34. The van der Waals surface area contributed by atoms with Gasteiger partial charge in [0, 0.05) is 18.0 Å². The second-order valence-corrected chi connectivity index (χ2v) is 9.76. The summed E-state index contributed by atoms with van der Waals surface area (Å²) >= 11 is 1.10. The van der Waals surface area contributed by atoms with E-state index in [1.165, 1.54) is 42.2 Å². The first-order chi connectivity index (χ1) is 18.2. The number of carbonyl (C=O) groups excluding carboxylic acids is 1. The number of hydrogen-bond acceptors (Lipinski definition) is 5. The topological polar surface area (TPSA) is 87.5 Å². The van der Waals surface area contributed by atoms with Gasteiger partial charge in [0.05, 0.1) is 23.7 Å². The first-order valence-corrected chi connectivity index (χ1v) is 12.7. The lowest BCUT2D eigenvalue weighted by atomic mass is 10.1. The smallest absolute Gasteiger partial charge is 0.436 e. The van der Waals surface area contributed by atoms with Crippen LogP contribution in [0.2, 0.25) is 0 Å². The van der Waals surface area contributed by atoms with Gasteiger partial charge in [-0.3, -0.25) is 4.79 Å². The predicted molar refractivity (Wildman–Crippen MR) is 131 cm³/mol. The molecular formula is C25H22F6N4O3S. The van der Waals surface area contributed by atoms with Crippen LogP contribution in [0.1, 0.15) is 56.1 Å². The molecule has 0 saturated heterocycles. The normalized spacial score (nSPS) is 14.3. The Bertz CT molecular complexity index is 1400. The summed E-state index contributed by atoms with van der Waals surface area (Å²) in [7, 11) is 0. The van der Waals surface area contributed by atoms with Gasteiger partial charge < -0.3 is 15.3 Å². The largest absolute Gasteiger partial charge is 0.478 e. The van der Waals surface area contributed by atoms with E-state index in [-0.39, 0.29) is 36.6 Å². The van der Waals surface area contributed by atoms with Crippen LogP contribution in [0.3, 0.4) is 0 Å². The van der Waals surface area contributed by atoms with Crippen molar-refractivity contribution >= 4 is 29.5 Å². The minimum absolute atomic E-state index is 0.000883. The van der Waals surface area contributed by atoms with E-state index in [1.807, 2.05) is 0 Å². The number of hydrogen-bond donors (Lipinski definition) is 2. The number of alkyl halides is 6. The summed E-state index contributed by atoms with van der Waals surface area (Å²) in [6.45, 7) is 1.49. The van der Waals surface area contributed by atoms with Crippen LogP contribution >= 0.6 is 11.8 Å². The molecule has 4 rings (SSSR count). The minimum atomic E-state index is -4.97. The fourth-order valence-electron chi connectivity index (χ4n) is 4.33. The average Bonchev–Trinajstić information content (AvgIpc) is 3.43. The van der Waals surface area contributed by atoms with Crippen molar-refractivity contribution in [1.82, 2.24) is 15.1 Å². The molecule has 0 aliphatic carbocycles. The van der Waals surface area contributed by atoms with Crippen LogP contribution in [0, 0.1) is 0 Å². The Labute approximate surface area is 222 Å². The molecule has 2 heterocycles. The number of fused-ring (bicyclic) bond motifs is 1. The molecule has 7 nitrogen and oxygen atoms in total. The van der Waals surface area contributed by atoms with Gasteiger partial charge in [0.15, 0.2) is 5.69 Å². The molecule has 0 fully saturated rings. The van der Waals surface area contributed by atoms with E-state index >= 15 is 0 Å². The number of carboxylic acid groups (broad SMARTS) is 1. The standard InChI is InChI=1S/C25H22F6N4O3S/c1-13(15-3-5-16(6-4-15)23(37)38)32-21(36)19-20(25(29,30)31)33-35-8-7-34(22(19)35)12-14-9-17(24(26,27)28)11-18(10-14)39-2/h3-6,9-11,13H,7-8,12H2,1-2H3,(H,32,36)(H,37,38). The SMILES string of the molecule is CSc1cc(CN2CCn3nc(C(F)(F)F)c(C(=O)NC(C)c4ccc(C(=O)O)cc4)c32)cc(C(F)(F)F)c1. The lowest BCUT2D eigenvalue weighted by Crippen LogP contribution is -2.31. The Morgan fingerprint density at radius 1 is 1.05 bits per heavy atom. The lowest BCUT2D eigenvalue weighted by Gasteiger charge is -2.22.